The lowest BCUT2D eigenvalue weighted by molar-refractivity contribution is -0.124. The number of carbonyl (C=O) groups excluding carboxylic acids is 1. The van der Waals surface area contributed by atoms with Gasteiger partial charge in [0.25, 0.3) is 5.91 Å². The minimum atomic E-state index is -1.46. The van der Waals surface area contributed by atoms with E-state index in [1.54, 1.807) is 30.5 Å². The molecule has 1 atom stereocenters. The highest BCUT2D eigenvalue weighted by Crippen LogP contribution is 2.19. The number of amides is 1. The molecule has 126 valence electrons. The first-order valence-corrected chi connectivity index (χ1v) is 8.56. The van der Waals surface area contributed by atoms with Crippen LogP contribution < -0.4 is 10.2 Å². The highest BCUT2D eigenvalue weighted by atomic mass is 32.2. The van der Waals surface area contributed by atoms with Crippen LogP contribution >= 0.6 is 0 Å². The first-order valence-electron chi connectivity index (χ1n) is 7.41. The minimum absolute atomic E-state index is 0.567. The van der Waals surface area contributed by atoms with Crippen molar-refractivity contribution in [2.24, 2.45) is 0 Å². The zero-order valence-corrected chi connectivity index (χ0v) is 13.9. The van der Waals surface area contributed by atoms with Crippen molar-refractivity contribution in [3.8, 4) is 0 Å². The number of hydroxylamine groups is 1. The van der Waals surface area contributed by atoms with Gasteiger partial charge in [0.2, 0.25) is 0 Å². The molecule has 2 aromatic carbocycles. The van der Waals surface area contributed by atoms with Gasteiger partial charge in [-0.05, 0) is 48.0 Å². The topological polar surface area (TPSA) is 91.3 Å². The van der Waals surface area contributed by atoms with Crippen LogP contribution in [0.5, 0.6) is 0 Å². The third-order valence-electron chi connectivity index (χ3n) is 3.42. The summed E-state index contributed by atoms with van der Waals surface area (Å²) in [6.07, 6.45) is 4.43. The first-order chi connectivity index (χ1) is 12.2. The summed E-state index contributed by atoms with van der Waals surface area (Å²) in [6.45, 7) is 0. The van der Waals surface area contributed by atoms with Gasteiger partial charge >= 0.3 is 0 Å². The van der Waals surface area contributed by atoms with Crippen LogP contribution in [0.3, 0.4) is 0 Å². The number of nitrogens with one attached hydrogen (secondary N) is 2. The van der Waals surface area contributed by atoms with Crippen molar-refractivity contribution >= 4 is 39.6 Å². The standard InChI is InChI=1S/C18H15N3O3S/c22-18(20-23)9-6-13-3-1-5-16(11-13)25(24)21-15-7-8-17-14(12-15)4-2-10-19-17/h1-12,21,23H,(H,20,22)/b9-6+. The van der Waals surface area contributed by atoms with E-state index in [-0.39, 0.29) is 0 Å². The van der Waals surface area contributed by atoms with E-state index in [9.17, 15) is 9.00 Å². The van der Waals surface area contributed by atoms with Gasteiger partial charge in [-0.3, -0.25) is 15.0 Å². The second kappa shape index (κ2) is 7.69. The fourth-order valence-electron chi connectivity index (χ4n) is 2.25. The van der Waals surface area contributed by atoms with Gasteiger partial charge in [-0.2, -0.15) is 0 Å². The average Bonchev–Trinajstić information content (AvgIpc) is 2.66. The maximum absolute atomic E-state index is 12.5. The molecule has 0 radical (unpaired) electrons. The number of benzene rings is 2. The Morgan fingerprint density at radius 1 is 1.12 bits per heavy atom. The first kappa shape index (κ1) is 16.8. The molecular weight excluding hydrogens is 338 g/mol. The lowest BCUT2D eigenvalue weighted by Gasteiger charge is -2.08. The zero-order valence-electron chi connectivity index (χ0n) is 13.0. The number of rotatable bonds is 5. The number of anilines is 1. The molecule has 0 saturated heterocycles. The molecule has 1 aromatic heterocycles. The van der Waals surface area contributed by atoms with Crippen LogP contribution in [0.2, 0.25) is 0 Å². The Hall–Kier alpha value is -3.03. The molecule has 0 aliphatic rings. The van der Waals surface area contributed by atoms with Gasteiger partial charge in [0.1, 0.15) is 11.0 Å². The lowest BCUT2D eigenvalue weighted by Crippen LogP contribution is -2.14. The monoisotopic (exact) mass is 353 g/mol. The quantitative estimate of drug-likeness (QED) is 0.374. The normalized spacial score (nSPS) is 12.2. The van der Waals surface area contributed by atoms with Gasteiger partial charge in [0.15, 0.2) is 0 Å². The van der Waals surface area contributed by atoms with E-state index >= 15 is 0 Å². The average molecular weight is 353 g/mol. The fourth-order valence-corrected chi connectivity index (χ4v) is 3.15. The van der Waals surface area contributed by atoms with Crippen LogP contribution in [0, 0.1) is 0 Å². The second-order valence-electron chi connectivity index (χ2n) is 5.16. The largest absolute Gasteiger partial charge is 0.301 e. The Labute approximate surface area is 146 Å². The summed E-state index contributed by atoms with van der Waals surface area (Å²) in [5.74, 6) is -0.630. The van der Waals surface area contributed by atoms with Gasteiger partial charge in [0, 0.05) is 23.3 Å². The van der Waals surface area contributed by atoms with Gasteiger partial charge in [-0.25, -0.2) is 9.69 Å². The molecular formula is C18H15N3O3S. The van der Waals surface area contributed by atoms with Crippen LogP contribution in [-0.4, -0.2) is 20.3 Å². The Bertz CT molecular complexity index is 972. The smallest absolute Gasteiger partial charge is 0.267 e. The Morgan fingerprint density at radius 2 is 2.00 bits per heavy atom. The summed E-state index contributed by atoms with van der Waals surface area (Å²) < 4.78 is 15.5. The summed E-state index contributed by atoms with van der Waals surface area (Å²) in [4.78, 5) is 15.8. The Morgan fingerprint density at radius 3 is 2.84 bits per heavy atom. The number of carbonyl (C=O) groups is 1. The maximum Gasteiger partial charge on any atom is 0.267 e. The fraction of sp³-hybridized carbons (Fsp3) is 0. The van der Waals surface area contributed by atoms with Gasteiger partial charge in [-0.15, -0.1) is 0 Å². The molecule has 1 unspecified atom stereocenters. The van der Waals surface area contributed by atoms with Crippen molar-refractivity contribution in [2.75, 3.05) is 4.72 Å². The molecule has 7 heteroatoms. The summed E-state index contributed by atoms with van der Waals surface area (Å²) in [6, 6.07) is 16.3. The van der Waals surface area contributed by atoms with Crippen molar-refractivity contribution in [2.45, 2.75) is 4.90 Å². The summed E-state index contributed by atoms with van der Waals surface area (Å²) in [7, 11) is -1.46. The van der Waals surface area contributed by atoms with E-state index in [1.807, 2.05) is 30.3 Å². The highest BCUT2D eigenvalue weighted by molar-refractivity contribution is 7.86. The van der Waals surface area contributed by atoms with Crippen LogP contribution in [0.25, 0.3) is 17.0 Å². The van der Waals surface area contributed by atoms with E-state index in [0.29, 0.717) is 10.5 Å². The van der Waals surface area contributed by atoms with E-state index in [0.717, 1.165) is 16.6 Å². The molecule has 0 fully saturated rings. The molecule has 25 heavy (non-hydrogen) atoms. The van der Waals surface area contributed by atoms with Crippen LogP contribution in [0.1, 0.15) is 5.56 Å². The molecule has 6 nitrogen and oxygen atoms in total. The zero-order chi connectivity index (χ0) is 17.6. The van der Waals surface area contributed by atoms with Crippen molar-refractivity contribution in [3.05, 3.63) is 72.4 Å². The number of hydrogen-bond acceptors (Lipinski definition) is 4. The van der Waals surface area contributed by atoms with Crippen molar-refractivity contribution in [1.29, 1.82) is 0 Å². The summed E-state index contributed by atoms with van der Waals surface area (Å²) in [5.41, 5.74) is 3.80. The third kappa shape index (κ3) is 4.28. The highest BCUT2D eigenvalue weighted by Gasteiger charge is 2.05. The predicted molar refractivity (Wildman–Crippen MR) is 97.2 cm³/mol. The molecule has 0 saturated carbocycles. The predicted octanol–water partition coefficient (Wildman–Crippen LogP) is 2.89. The molecule has 0 aliphatic heterocycles. The second-order valence-corrected chi connectivity index (χ2v) is 6.38. The molecule has 3 rings (SSSR count). The Balaban J connectivity index is 1.78. The number of pyridine rings is 1. The molecule has 0 aliphatic carbocycles. The molecule has 3 aromatic rings. The number of aromatic nitrogens is 1. The van der Waals surface area contributed by atoms with E-state index in [2.05, 4.69) is 9.71 Å². The van der Waals surface area contributed by atoms with E-state index < -0.39 is 16.9 Å². The number of fused-ring (bicyclic) bond motifs is 1. The van der Waals surface area contributed by atoms with Crippen LogP contribution in [-0.2, 0) is 15.8 Å². The van der Waals surface area contributed by atoms with E-state index in [1.165, 1.54) is 17.6 Å². The van der Waals surface area contributed by atoms with Crippen molar-refractivity contribution < 1.29 is 14.2 Å². The summed E-state index contributed by atoms with van der Waals surface area (Å²) in [5, 5.41) is 9.44. The Kier molecular flexibility index (Phi) is 5.17. The third-order valence-corrected chi connectivity index (χ3v) is 4.53. The maximum atomic E-state index is 12.5. The van der Waals surface area contributed by atoms with Gasteiger partial charge in [-0.1, -0.05) is 18.2 Å². The molecule has 1 amide bonds. The van der Waals surface area contributed by atoms with Crippen LogP contribution in [0.15, 0.2) is 71.8 Å². The molecule has 1 heterocycles. The van der Waals surface area contributed by atoms with Gasteiger partial charge in [0.05, 0.1) is 10.4 Å². The van der Waals surface area contributed by atoms with Crippen molar-refractivity contribution in [3.63, 3.8) is 0 Å². The number of nitrogens with zero attached hydrogens (tertiary/aromatic N) is 1. The minimum Gasteiger partial charge on any atom is -0.301 e. The summed E-state index contributed by atoms with van der Waals surface area (Å²) >= 11 is 0. The molecule has 3 N–H and O–H groups in total. The molecule has 0 spiro atoms. The lowest BCUT2D eigenvalue weighted by atomic mass is 10.2. The van der Waals surface area contributed by atoms with E-state index in [4.69, 9.17) is 5.21 Å². The molecule has 0 bridgehead atoms. The SMILES string of the molecule is O=C(/C=C/c1cccc(S(=O)Nc2ccc3ncccc3c2)c1)NO. The van der Waals surface area contributed by atoms with Gasteiger partial charge < -0.3 is 4.72 Å². The number of hydrogen-bond donors (Lipinski definition) is 3. The van der Waals surface area contributed by atoms with Crippen molar-refractivity contribution in [1.82, 2.24) is 10.5 Å². The van der Waals surface area contributed by atoms with Crippen LogP contribution in [0.4, 0.5) is 5.69 Å².